The molecule has 0 saturated heterocycles. The topological polar surface area (TPSA) is 32.7 Å². The van der Waals surface area contributed by atoms with Crippen molar-refractivity contribution in [3.05, 3.63) is 24.3 Å². The average Bonchev–Trinajstić information content (AvgIpc) is 2.04. The Labute approximate surface area is 65.8 Å². The molecule has 0 amide bonds. The van der Waals surface area contributed by atoms with Gasteiger partial charge in [-0.05, 0) is 12.1 Å². The molecule has 11 heavy (non-hydrogen) atoms. The van der Waals surface area contributed by atoms with E-state index in [1.807, 2.05) is 6.07 Å². The minimum Gasteiger partial charge on any atom is -0.506 e. The van der Waals surface area contributed by atoms with E-state index in [4.69, 9.17) is 4.84 Å². The maximum absolute atomic E-state index is 9.29. The Morgan fingerprint density at radius 1 is 1.36 bits per heavy atom. The molecular formula is C8H11NO2. The van der Waals surface area contributed by atoms with E-state index in [2.05, 4.69) is 0 Å². The molecule has 3 heteroatoms. The van der Waals surface area contributed by atoms with Gasteiger partial charge < -0.3 is 5.11 Å². The maximum Gasteiger partial charge on any atom is 0.141 e. The van der Waals surface area contributed by atoms with Crippen LogP contribution in [0, 0.1) is 0 Å². The fourth-order valence-corrected chi connectivity index (χ4v) is 0.829. The highest BCUT2D eigenvalue weighted by atomic mass is 16.7. The molecule has 1 N–H and O–H groups in total. The first-order valence-electron chi connectivity index (χ1n) is 3.31. The molecule has 1 aromatic carbocycles. The third kappa shape index (κ3) is 1.62. The van der Waals surface area contributed by atoms with Crippen LogP contribution in [-0.4, -0.2) is 19.3 Å². The molecule has 0 atom stereocenters. The molecular weight excluding hydrogens is 142 g/mol. The van der Waals surface area contributed by atoms with Crippen LogP contribution in [0.1, 0.15) is 0 Å². The number of phenols is 1. The molecule has 0 bridgehead atoms. The minimum atomic E-state index is 0.219. The van der Waals surface area contributed by atoms with Gasteiger partial charge in [0, 0.05) is 7.05 Å². The zero-order chi connectivity index (χ0) is 8.27. The molecule has 0 radical (unpaired) electrons. The van der Waals surface area contributed by atoms with Crippen LogP contribution in [0.2, 0.25) is 0 Å². The van der Waals surface area contributed by atoms with Gasteiger partial charge >= 0.3 is 0 Å². The maximum atomic E-state index is 9.29. The van der Waals surface area contributed by atoms with Crippen LogP contribution in [0.3, 0.4) is 0 Å². The number of hydrogen-bond acceptors (Lipinski definition) is 3. The van der Waals surface area contributed by atoms with E-state index in [9.17, 15) is 5.11 Å². The number of benzene rings is 1. The Hall–Kier alpha value is -1.22. The first kappa shape index (κ1) is 7.88. The van der Waals surface area contributed by atoms with Crippen molar-refractivity contribution >= 4 is 5.69 Å². The summed E-state index contributed by atoms with van der Waals surface area (Å²) in [5.41, 5.74) is 0.662. The second-order valence-corrected chi connectivity index (χ2v) is 2.17. The molecule has 1 rings (SSSR count). The molecule has 0 fully saturated rings. The van der Waals surface area contributed by atoms with Crippen molar-refractivity contribution in [3.63, 3.8) is 0 Å². The van der Waals surface area contributed by atoms with E-state index in [0.717, 1.165) is 0 Å². The Kier molecular flexibility index (Phi) is 2.33. The van der Waals surface area contributed by atoms with Gasteiger partial charge in [-0.15, -0.1) is 0 Å². The van der Waals surface area contributed by atoms with Gasteiger partial charge in [0.15, 0.2) is 0 Å². The molecule has 0 spiro atoms. The molecule has 0 heterocycles. The smallest absolute Gasteiger partial charge is 0.141 e. The summed E-state index contributed by atoms with van der Waals surface area (Å²) >= 11 is 0. The molecule has 0 unspecified atom stereocenters. The number of nitrogens with zero attached hydrogens (tertiary/aromatic N) is 1. The van der Waals surface area contributed by atoms with Gasteiger partial charge in [-0.2, -0.15) is 0 Å². The van der Waals surface area contributed by atoms with Crippen LogP contribution >= 0.6 is 0 Å². The summed E-state index contributed by atoms with van der Waals surface area (Å²) in [6.07, 6.45) is 0. The van der Waals surface area contributed by atoms with Gasteiger partial charge in [-0.1, -0.05) is 12.1 Å². The fraction of sp³-hybridized carbons (Fsp3) is 0.250. The fourth-order valence-electron chi connectivity index (χ4n) is 0.829. The molecule has 0 aliphatic carbocycles. The lowest BCUT2D eigenvalue weighted by atomic mass is 10.3. The summed E-state index contributed by atoms with van der Waals surface area (Å²) < 4.78 is 0. The zero-order valence-corrected chi connectivity index (χ0v) is 6.61. The van der Waals surface area contributed by atoms with Crippen molar-refractivity contribution in [2.75, 3.05) is 19.2 Å². The zero-order valence-electron chi connectivity index (χ0n) is 6.61. The largest absolute Gasteiger partial charge is 0.506 e. The van der Waals surface area contributed by atoms with E-state index in [1.165, 1.54) is 5.06 Å². The number of para-hydroxylation sites is 2. The summed E-state index contributed by atoms with van der Waals surface area (Å²) in [4.78, 5) is 4.89. The SMILES string of the molecule is CON(C)c1ccccc1O. The third-order valence-corrected chi connectivity index (χ3v) is 1.49. The molecule has 0 aromatic heterocycles. The summed E-state index contributed by atoms with van der Waals surface area (Å²) in [6.45, 7) is 0. The summed E-state index contributed by atoms with van der Waals surface area (Å²) in [6, 6.07) is 7.00. The van der Waals surface area contributed by atoms with Gasteiger partial charge in [-0.3, -0.25) is 9.90 Å². The van der Waals surface area contributed by atoms with Crippen LogP contribution in [0.25, 0.3) is 0 Å². The second kappa shape index (κ2) is 3.25. The van der Waals surface area contributed by atoms with Gasteiger partial charge in [0.1, 0.15) is 11.4 Å². The van der Waals surface area contributed by atoms with Crippen LogP contribution < -0.4 is 5.06 Å². The normalized spacial score (nSPS) is 9.64. The van der Waals surface area contributed by atoms with Gasteiger partial charge in [-0.25, -0.2) is 0 Å². The lowest BCUT2D eigenvalue weighted by Crippen LogP contribution is -2.14. The molecule has 1 aromatic rings. The number of aromatic hydroxyl groups is 1. The Morgan fingerprint density at radius 2 is 2.00 bits per heavy atom. The summed E-state index contributed by atoms with van der Waals surface area (Å²) in [5.74, 6) is 0.219. The summed E-state index contributed by atoms with van der Waals surface area (Å²) in [5, 5.41) is 10.8. The minimum absolute atomic E-state index is 0.219. The number of anilines is 1. The van der Waals surface area contributed by atoms with Gasteiger partial charge in [0.2, 0.25) is 0 Å². The van der Waals surface area contributed by atoms with E-state index in [-0.39, 0.29) is 5.75 Å². The Balaban J connectivity index is 2.93. The third-order valence-electron chi connectivity index (χ3n) is 1.49. The van der Waals surface area contributed by atoms with Crippen LogP contribution in [0.4, 0.5) is 5.69 Å². The van der Waals surface area contributed by atoms with Crippen molar-refractivity contribution in [3.8, 4) is 5.75 Å². The highest BCUT2D eigenvalue weighted by Gasteiger charge is 2.02. The first-order valence-corrected chi connectivity index (χ1v) is 3.31. The van der Waals surface area contributed by atoms with Crippen molar-refractivity contribution in [2.24, 2.45) is 0 Å². The molecule has 60 valence electrons. The number of hydroxylamine groups is 1. The summed E-state index contributed by atoms with van der Waals surface area (Å²) in [7, 11) is 3.28. The van der Waals surface area contributed by atoms with Gasteiger partial charge in [0.05, 0.1) is 7.11 Å². The molecule has 0 saturated carbocycles. The second-order valence-electron chi connectivity index (χ2n) is 2.17. The van der Waals surface area contributed by atoms with E-state index < -0.39 is 0 Å². The number of phenolic OH excluding ortho intramolecular Hbond substituents is 1. The van der Waals surface area contributed by atoms with Crippen LogP contribution in [0.5, 0.6) is 5.75 Å². The quantitative estimate of drug-likeness (QED) is 0.652. The average molecular weight is 153 g/mol. The molecule has 0 aliphatic heterocycles. The van der Waals surface area contributed by atoms with Crippen LogP contribution in [0.15, 0.2) is 24.3 Å². The number of rotatable bonds is 2. The van der Waals surface area contributed by atoms with Crippen LogP contribution in [-0.2, 0) is 4.84 Å². The monoisotopic (exact) mass is 153 g/mol. The standard InChI is InChI=1S/C8H11NO2/c1-9(11-2)7-5-3-4-6-8(7)10/h3-6,10H,1-2H3. The lowest BCUT2D eigenvalue weighted by Gasteiger charge is -2.16. The van der Waals surface area contributed by atoms with Crippen molar-refractivity contribution < 1.29 is 9.94 Å². The highest BCUT2D eigenvalue weighted by Crippen LogP contribution is 2.24. The van der Waals surface area contributed by atoms with E-state index in [1.54, 1.807) is 32.4 Å². The first-order chi connectivity index (χ1) is 5.25. The van der Waals surface area contributed by atoms with Gasteiger partial charge in [0.25, 0.3) is 0 Å². The van der Waals surface area contributed by atoms with Crippen molar-refractivity contribution in [2.45, 2.75) is 0 Å². The Morgan fingerprint density at radius 3 is 2.55 bits per heavy atom. The van der Waals surface area contributed by atoms with Crippen molar-refractivity contribution in [1.82, 2.24) is 0 Å². The predicted octanol–water partition coefficient (Wildman–Crippen LogP) is 1.39. The van der Waals surface area contributed by atoms with E-state index in [0.29, 0.717) is 5.69 Å². The Bertz CT molecular complexity index is 237. The lowest BCUT2D eigenvalue weighted by molar-refractivity contribution is 0.183. The molecule has 0 aliphatic rings. The van der Waals surface area contributed by atoms with E-state index >= 15 is 0 Å². The predicted molar refractivity (Wildman–Crippen MR) is 43.5 cm³/mol. The highest BCUT2D eigenvalue weighted by molar-refractivity contribution is 5.55. The number of hydrogen-bond donors (Lipinski definition) is 1. The molecule has 3 nitrogen and oxygen atoms in total. The van der Waals surface area contributed by atoms with Crippen molar-refractivity contribution in [1.29, 1.82) is 0 Å².